The lowest BCUT2D eigenvalue weighted by Crippen LogP contribution is -2.43. The van der Waals surface area contributed by atoms with Crippen LogP contribution in [0.3, 0.4) is 0 Å². The first kappa shape index (κ1) is 10.4. The van der Waals surface area contributed by atoms with Crippen LogP contribution in [0.25, 0.3) is 0 Å². The molecule has 1 unspecified atom stereocenters. The number of hydrogen-bond donors (Lipinski definition) is 2. The van der Waals surface area contributed by atoms with E-state index in [1.165, 1.54) is 32.2 Å². The minimum absolute atomic E-state index is 0.581. The highest BCUT2D eigenvalue weighted by atomic mass is 16.5. The summed E-state index contributed by atoms with van der Waals surface area (Å²) in [5, 5.41) is 7.01. The normalized spacial score (nSPS) is 28.7. The fourth-order valence-corrected chi connectivity index (χ4v) is 2.08. The van der Waals surface area contributed by atoms with Gasteiger partial charge in [-0.15, -0.1) is 0 Å². The minimum Gasteiger partial charge on any atom is -0.379 e. The van der Waals surface area contributed by atoms with Gasteiger partial charge in [-0.1, -0.05) is 6.42 Å². The topological polar surface area (TPSA) is 33.3 Å². The van der Waals surface area contributed by atoms with Crippen LogP contribution in [0.5, 0.6) is 0 Å². The Morgan fingerprint density at radius 1 is 1.36 bits per heavy atom. The summed E-state index contributed by atoms with van der Waals surface area (Å²) >= 11 is 0. The fourth-order valence-electron chi connectivity index (χ4n) is 2.08. The van der Waals surface area contributed by atoms with Gasteiger partial charge in [0, 0.05) is 12.6 Å². The molecule has 0 aromatic carbocycles. The maximum absolute atomic E-state index is 5.40. The molecule has 0 aromatic heterocycles. The van der Waals surface area contributed by atoms with E-state index in [0.29, 0.717) is 6.04 Å². The smallest absolute Gasteiger partial charge is 0.0620 e. The molecule has 3 nitrogen and oxygen atoms in total. The third-order valence-corrected chi connectivity index (χ3v) is 3.33. The molecular weight excluding hydrogens is 176 g/mol. The highest BCUT2D eigenvalue weighted by molar-refractivity contribution is 4.74. The van der Waals surface area contributed by atoms with Gasteiger partial charge in [0.2, 0.25) is 0 Å². The maximum Gasteiger partial charge on any atom is 0.0620 e. The highest BCUT2D eigenvalue weighted by Crippen LogP contribution is 2.24. The second-order valence-electron chi connectivity index (χ2n) is 4.52. The summed E-state index contributed by atoms with van der Waals surface area (Å²) in [6.07, 6.45) is 5.53. The van der Waals surface area contributed by atoms with Crippen LogP contribution < -0.4 is 10.6 Å². The van der Waals surface area contributed by atoms with Crippen molar-refractivity contribution in [3.05, 3.63) is 0 Å². The van der Waals surface area contributed by atoms with Gasteiger partial charge in [-0.05, 0) is 38.3 Å². The first-order valence-electron chi connectivity index (χ1n) is 5.97. The van der Waals surface area contributed by atoms with Gasteiger partial charge in [0.05, 0.1) is 13.2 Å². The lowest BCUT2D eigenvalue weighted by atomic mass is 9.85. The molecule has 0 radical (unpaired) electrons. The van der Waals surface area contributed by atoms with Crippen molar-refractivity contribution in [2.45, 2.75) is 31.7 Å². The van der Waals surface area contributed by atoms with E-state index in [4.69, 9.17) is 4.74 Å². The summed E-state index contributed by atoms with van der Waals surface area (Å²) in [5.74, 6) is 0.977. The Morgan fingerprint density at radius 3 is 2.93 bits per heavy atom. The molecule has 1 saturated carbocycles. The minimum atomic E-state index is 0.581. The van der Waals surface area contributed by atoms with Crippen LogP contribution in [0.1, 0.15) is 25.7 Å². The van der Waals surface area contributed by atoms with Crippen LogP contribution in [0.2, 0.25) is 0 Å². The fraction of sp³-hybridized carbons (Fsp3) is 1.00. The molecule has 1 aliphatic heterocycles. The molecule has 1 saturated heterocycles. The van der Waals surface area contributed by atoms with Crippen molar-refractivity contribution in [1.29, 1.82) is 0 Å². The molecule has 0 aromatic rings. The number of rotatable bonds is 5. The van der Waals surface area contributed by atoms with Gasteiger partial charge < -0.3 is 15.4 Å². The van der Waals surface area contributed by atoms with Crippen molar-refractivity contribution >= 4 is 0 Å². The van der Waals surface area contributed by atoms with Crippen LogP contribution in [-0.2, 0) is 4.74 Å². The van der Waals surface area contributed by atoms with Crippen molar-refractivity contribution in [1.82, 2.24) is 10.6 Å². The van der Waals surface area contributed by atoms with Gasteiger partial charge in [0.15, 0.2) is 0 Å². The summed E-state index contributed by atoms with van der Waals surface area (Å²) in [7, 11) is 0. The van der Waals surface area contributed by atoms with E-state index in [2.05, 4.69) is 10.6 Å². The molecule has 1 heterocycles. The summed E-state index contributed by atoms with van der Waals surface area (Å²) in [4.78, 5) is 0. The second kappa shape index (κ2) is 5.69. The van der Waals surface area contributed by atoms with Crippen LogP contribution in [-0.4, -0.2) is 38.9 Å². The predicted molar refractivity (Wildman–Crippen MR) is 57.4 cm³/mol. The summed E-state index contributed by atoms with van der Waals surface area (Å²) in [6.45, 7) is 5.16. The van der Waals surface area contributed by atoms with E-state index in [1.54, 1.807) is 0 Å². The largest absolute Gasteiger partial charge is 0.379 e. The molecule has 0 bridgehead atoms. The third kappa shape index (κ3) is 3.23. The zero-order chi connectivity index (χ0) is 9.64. The van der Waals surface area contributed by atoms with Gasteiger partial charge in [-0.3, -0.25) is 0 Å². The van der Waals surface area contributed by atoms with Crippen molar-refractivity contribution in [3.63, 3.8) is 0 Å². The lowest BCUT2D eigenvalue weighted by molar-refractivity contribution is 0.0741. The Hall–Kier alpha value is -0.120. The van der Waals surface area contributed by atoms with Gasteiger partial charge in [0.1, 0.15) is 0 Å². The van der Waals surface area contributed by atoms with Gasteiger partial charge in [0.25, 0.3) is 0 Å². The number of morpholine rings is 1. The average molecular weight is 198 g/mol. The molecule has 82 valence electrons. The summed E-state index contributed by atoms with van der Waals surface area (Å²) in [5.41, 5.74) is 0. The zero-order valence-electron chi connectivity index (χ0n) is 8.93. The lowest BCUT2D eigenvalue weighted by Gasteiger charge is -2.27. The van der Waals surface area contributed by atoms with Crippen LogP contribution in [0.4, 0.5) is 0 Å². The number of nitrogens with one attached hydrogen (secondary N) is 2. The summed E-state index contributed by atoms with van der Waals surface area (Å²) in [6, 6.07) is 0.581. The Balaban J connectivity index is 1.45. The molecule has 0 amide bonds. The zero-order valence-corrected chi connectivity index (χ0v) is 8.93. The number of hydrogen-bond acceptors (Lipinski definition) is 3. The van der Waals surface area contributed by atoms with Crippen LogP contribution >= 0.6 is 0 Å². The van der Waals surface area contributed by atoms with Crippen LogP contribution in [0.15, 0.2) is 0 Å². The molecule has 2 N–H and O–H groups in total. The Bertz CT molecular complexity index is 153. The molecule has 1 atom stereocenters. The number of ether oxygens (including phenoxy) is 1. The molecular formula is C11H22N2O. The first-order chi connectivity index (χ1) is 6.95. The average Bonchev–Trinajstić information content (AvgIpc) is 2.16. The molecule has 2 aliphatic rings. The van der Waals surface area contributed by atoms with Gasteiger partial charge in [-0.2, -0.15) is 0 Å². The van der Waals surface area contributed by atoms with Crippen molar-refractivity contribution in [3.8, 4) is 0 Å². The summed E-state index contributed by atoms with van der Waals surface area (Å²) < 4.78 is 5.40. The molecule has 1 aliphatic carbocycles. The molecule has 0 spiro atoms. The molecule has 14 heavy (non-hydrogen) atoms. The Kier molecular flexibility index (Phi) is 4.22. The van der Waals surface area contributed by atoms with Crippen LogP contribution in [0, 0.1) is 5.92 Å². The van der Waals surface area contributed by atoms with E-state index in [-0.39, 0.29) is 0 Å². The standard InChI is InChI=1S/C11H22N2O/c1-2-10(3-1)8-12-5-4-11-9-14-7-6-13-11/h10-13H,1-9H2. The second-order valence-corrected chi connectivity index (χ2v) is 4.52. The maximum atomic E-state index is 5.40. The first-order valence-corrected chi connectivity index (χ1v) is 5.97. The van der Waals surface area contributed by atoms with Crippen molar-refractivity contribution in [2.24, 2.45) is 5.92 Å². The Labute approximate surface area is 86.6 Å². The predicted octanol–water partition coefficient (Wildman–Crippen LogP) is 0.755. The third-order valence-electron chi connectivity index (χ3n) is 3.33. The highest BCUT2D eigenvalue weighted by Gasteiger charge is 2.17. The Morgan fingerprint density at radius 2 is 2.29 bits per heavy atom. The monoisotopic (exact) mass is 198 g/mol. The quantitative estimate of drug-likeness (QED) is 0.640. The van der Waals surface area contributed by atoms with Crippen molar-refractivity contribution in [2.75, 3.05) is 32.8 Å². The van der Waals surface area contributed by atoms with E-state index in [9.17, 15) is 0 Å². The van der Waals surface area contributed by atoms with E-state index >= 15 is 0 Å². The molecule has 3 heteroatoms. The van der Waals surface area contributed by atoms with Gasteiger partial charge in [-0.25, -0.2) is 0 Å². The van der Waals surface area contributed by atoms with E-state index in [1.807, 2.05) is 0 Å². The SMILES string of the molecule is C1CC(CNCCC2COCCN2)C1. The van der Waals surface area contributed by atoms with Crippen molar-refractivity contribution < 1.29 is 4.74 Å². The van der Waals surface area contributed by atoms with E-state index < -0.39 is 0 Å². The van der Waals surface area contributed by atoms with E-state index in [0.717, 1.165) is 32.2 Å². The van der Waals surface area contributed by atoms with Gasteiger partial charge >= 0.3 is 0 Å². The molecule has 2 rings (SSSR count). The molecule has 2 fully saturated rings.